The van der Waals surface area contributed by atoms with Crippen LogP contribution in [0.15, 0.2) is 59.5 Å². The van der Waals surface area contributed by atoms with Crippen LogP contribution >= 0.6 is 12.6 Å². The van der Waals surface area contributed by atoms with Crippen molar-refractivity contribution in [2.24, 2.45) is 0 Å². The van der Waals surface area contributed by atoms with Crippen LogP contribution in [0.4, 0.5) is 4.39 Å². The fourth-order valence-corrected chi connectivity index (χ4v) is 4.18. The topological polar surface area (TPSA) is 32.9 Å². The van der Waals surface area contributed by atoms with E-state index in [-0.39, 0.29) is 5.82 Å². The van der Waals surface area contributed by atoms with Crippen molar-refractivity contribution in [3.8, 4) is 22.4 Å². The largest absolute Gasteiger partial charge is 0.352 e. The normalized spacial score (nSPS) is 12.7. The molecule has 0 radical (unpaired) electrons. The molecule has 4 aromatic rings. The first-order chi connectivity index (χ1) is 13.2. The van der Waals surface area contributed by atoms with Gasteiger partial charge in [0.05, 0.1) is 11.2 Å². The number of benzene rings is 3. The molecule has 0 amide bonds. The van der Waals surface area contributed by atoms with Crippen molar-refractivity contribution in [2.45, 2.75) is 17.7 Å². The molecule has 1 aliphatic rings. The first-order valence-electron chi connectivity index (χ1n) is 8.86. The zero-order valence-electron chi connectivity index (χ0n) is 14.4. The minimum atomic E-state index is -0.236. The van der Waals surface area contributed by atoms with Gasteiger partial charge in [-0.1, -0.05) is 36.4 Å². The van der Waals surface area contributed by atoms with E-state index in [0.717, 1.165) is 57.4 Å². The third-order valence-corrected chi connectivity index (χ3v) is 5.67. The second-order valence-corrected chi connectivity index (χ2v) is 7.43. The molecule has 2 nitrogen and oxygen atoms in total. The predicted octanol–water partition coefficient (Wildman–Crippen LogP) is 5.84. The molecule has 0 atom stereocenters. The number of fused-ring (bicyclic) bond motifs is 5. The van der Waals surface area contributed by atoms with Crippen molar-refractivity contribution in [2.75, 3.05) is 0 Å². The highest BCUT2D eigenvalue weighted by atomic mass is 32.1. The van der Waals surface area contributed by atoms with Gasteiger partial charge in [-0.2, -0.15) is 0 Å². The Kier molecular flexibility index (Phi) is 3.69. The second-order valence-electron chi connectivity index (χ2n) is 6.91. The quantitative estimate of drug-likeness (QED) is 0.336. The van der Waals surface area contributed by atoms with E-state index in [0.29, 0.717) is 16.6 Å². The molecule has 5 rings (SSSR count). The number of nitrogens with one attached hydrogen (secondary N) is 1. The summed E-state index contributed by atoms with van der Waals surface area (Å²) in [6.07, 6.45) is 2.55. The Morgan fingerprint density at radius 3 is 2.52 bits per heavy atom. The number of hydrogen-bond donors (Lipinski definition) is 2. The summed E-state index contributed by atoms with van der Waals surface area (Å²) in [5.41, 5.74) is 6.91. The van der Waals surface area contributed by atoms with Gasteiger partial charge < -0.3 is 4.98 Å². The first kappa shape index (κ1) is 16.3. The Morgan fingerprint density at radius 2 is 1.74 bits per heavy atom. The molecule has 1 N–H and O–H groups in total. The van der Waals surface area contributed by atoms with Gasteiger partial charge in [0.15, 0.2) is 5.82 Å². The van der Waals surface area contributed by atoms with Crippen LogP contribution in [0.2, 0.25) is 0 Å². The van der Waals surface area contributed by atoms with Gasteiger partial charge in [0.2, 0.25) is 0 Å². The van der Waals surface area contributed by atoms with Crippen LogP contribution in [0, 0.1) is 5.82 Å². The summed E-state index contributed by atoms with van der Waals surface area (Å²) in [5.74, 6) is -0.236. The van der Waals surface area contributed by atoms with E-state index in [1.165, 1.54) is 0 Å². The van der Waals surface area contributed by atoms with Crippen LogP contribution in [0.1, 0.15) is 21.5 Å². The summed E-state index contributed by atoms with van der Waals surface area (Å²) in [5, 5.41) is 0.933. The third-order valence-electron chi connectivity index (χ3n) is 5.38. The molecule has 4 heteroatoms. The van der Waals surface area contributed by atoms with Gasteiger partial charge >= 0.3 is 0 Å². The summed E-state index contributed by atoms with van der Waals surface area (Å²) < 4.78 is 15.3. The average Bonchev–Trinajstić information content (AvgIpc) is 3.09. The van der Waals surface area contributed by atoms with Crippen molar-refractivity contribution in [1.29, 1.82) is 0 Å². The number of H-pyrrole nitrogens is 1. The monoisotopic (exact) mass is 373 g/mol. The number of halogens is 1. The molecule has 0 saturated carbocycles. The Labute approximate surface area is 161 Å². The van der Waals surface area contributed by atoms with Gasteiger partial charge in [-0.25, -0.2) is 4.39 Å². The Morgan fingerprint density at radius 1 is 0.963 bits per heavy atom. The van der Waals surface area contributed by atoms with E-state index in [2.05, 4.69) is 17.6 Å². The highest BCUT2D eigenvalue weighted by Crippen LogP contribution is 2.40. The summed E-state index contributed by atoms with van der Waals surface area (Å²) in [7, 11) is 0. The van der Waals surface area contributed by atoms with Crippen molar-refractivity contribution < 1.29 is 9.18 Å². The predicted molar refractivity (Wildman–Crippen MR) is 109 cm³/mol. The van der Waals surface area contributed by atoms with Crippen LogP contribution in [-0.4, -0.2) is 11.3 Å². The van der Waals surface area contributed by atoms with Crippen LogP contribution in [0.5, 0.6) is 0 Å². The standard InChI is InChI=1S/C23H16FNOS/c24-21-17(14-2-5-16(27)6-3-14)9-10-20-19-8-4-15-11-13(12-26)1-7-18(15)22(19)25-23(20)21/h1-3,5-7,9-12,25,27H,4,8H2. The van der Waals surface area contributed by atoms with E-state index in [1.54, 1.807) is 0 Å². The maximum Gasteiger partial charge on any atom is 0.155 e. The molecule has 0 saturated heterocycles. The van der Waals surface area contributed by atoms with Gasteiger partial charge in [0, 0.05) is 27.0 Å². The van der Waals surface area contributed by atoms with Gasteiger partial charge in [0.1, 0.15) is 6.29 Å². The molecule has 1 heterocycles. The second kappa shape index (κ2) is 6.10. The smallest absolute Gasteiger partial charge is 0.155 e. The molecular formula is C23H16FNOS. The van der Waals surface area contributed by atoms with Crippen LogP contribution in [-0.2, 0) is 12.8 Å². The molecular weight excluding hydrogens is 357 g/mol. The minimum Gasteiger partial charge on any atom is -0.352 e. The lowest BCUT2D eigenvalue weighted by atomic mass is 9.88. The maximum absolute atomic E-state index is 15.3. The lowest BCUT2D eigenvalue weighted by Gasteiger charge is -2.16. The maximum atomic E-state index is 15.3. The summed E-state index contributed by atoms with van der Waals surface area (Å²) >= 11 is 4.30. The summed E-state index contributed by atoms with van der Waals surface area (Å²) in [6.45, 7) is 0. The molecule has 1 aliphatic carbocycles. The van der Waals surface area contributed by atoms with Crippen molar-refractivity contribution in [1.82, 2.24) is 4.98 Å². The van der Waals surface area contributed by atoms with Crippen molar-refractivity contribution in [3.05, 3.63) is 77.1 Å². The number of carbonyl (C=O) groups is 1. The fraction of sp³-hybridized carbons (Fsp3) is 0.0870. The zero-order valence-corrected chi connectivity index (χ0v) is 15.3. The molecule has 3 aromatic carbocycles. The highest BCUT2D eigenvalue weighted by Gasteiger charge is 2.23. The molecule has 27 heavy (non-hydrogen) atoms. The van der Waals surface area contributed by atoms with Gasteiger partial charge in [-0.15, -0.1) is 12.6 Å². The number of rotatable bonds is 2. The number of aryl methyl sites for hydroxylation is 2. The van der Waals surface area contributed by atoms with Crippen LogP contribution in [0.3, 0.4) is 0 Å². The molecule has 0 unspecified atom stereocenters. The van der Waals surface area contributed by atoms with E-state index in [9.17, 15) is 4.79 Å². The molecule has 0 spiro atoms. The van der Waals surface area contributed by atoms with Gasteiger partial charge in [-0.05, 0) is 47.7 Å². The van der Waals surface area contributed by atoms with Gasteiger partial charge in [-0.3, -0.25) is 4.79 Å². The average molecular weight is 373 g/mol. The Balaban J connectivity index is 1.71. The fourth-order valence-electron chi connectivity index (χ4n) is 4.04. The highest BCUT2D eigenvalue weighted by molar-refractivity contribution is 7.80. The lowest BCUT2D eigenvalue weighted by Crippen LogP contribution is -2.03. The number of aromatic nitrogens is 1. The van der Waals surface area contributed by atoms with Crippen LogP contribution in [0.25, 0.3) is 33.3 Å². The molecule has 0 aliphatic heterocycles. The molecule has 132 valence electrons. The van der Waals surface area contributed by atoms with E-state index in [4.69, 9.17) is 0 Å². The number of aldehydes is 1. The first-order valence-corrected chi connectivity index (χ1v) is 9.31. The van der Waals surface area contributed by atoms with Crippen molar-refractivity contribution >= 4 is 29.8 Å². The number of hydrogen-bond acceptors (Lipinski definition) is 2. The summed E-state index contributed by atoms with van der Waals surface area (Å²) in [6, 6.07) is 17.0. The van der Waals surface area contributed by atoms with E-state index >= 15 is 4.39 Å². The number of carbonyl (C=O) groups excluding carboxylic acids is 1. The van der Waals surface area contributed by atoms with Crippen molar-refractivity contribution in [3.63, 3.8) is 0 Å². The minimum absolute atomic E-state index is 0.236. The Hall–Kier alpha value is -2.85. The van der Waals surface area contributed by atoms with E-state index < -0.39 is 0 Å². The molecule has 1 aromatic heterocycles. The van der Waals surface area contributed by atoms with Gasteiger partial charge in [0.25, 0.3) is 0 Å². The lowest BCUT2D eigenvalue weighted by molar-refractivity contribution is 0.112. The zero-order chi connectivity index (χ0) is 18.5. The van der Waals surface area contributed by atoms with E-state index in [1.807, 2.05) is 54.6 Å². The molecule has 0 fully saturated rings. The SMILES string of the molecule is O=Cc1ccc2c(c1)CCc1c-2[nH]c2c(F)c(-c3ccc(S)cc3)ccc12. The third kappa shape index (κ3) is 2.52. The summed E-state index contributed by atoms with van der Waals surface area (Å²) in [4.78, 5) is 15.2. The molecule has 0 bridgehead atoms. The van der Waals surface area contributed by atoms with Crippen LogP contribution < -0.4 is 0 Å². The number of aromatic amines is 1. The Bertz CT molecular complexity index is 1210. The number of thiol groups is 1.